The van der Waals surface area contributed by atoms with Crippen molar-refractivity contribution < 1.29 is 5.21 Å². The van der Waals surface area contributed by atoms with Crippen molar-refractivity contribution in [3.8, 4) is 0 Å². The van der Waals surface area contributed by atoms with Crippen LogP contribution < -0.4 is 4.99 Å². The highest BCUT2D eigenvalue weighted by atomic mass is 16.4. The van der Waals surface area contributed by atoms with Crippen molar-refractivity contribution in [3.05, 3.63) is 0 Å². The fourth-order valence-electron chi connectivity index (χ4n) is 0.277. The molecule has 1 N–H and O–H groups in total. The van der Waals surface area contributed by atoms with Crippen LogP contribution in [-0.4, -0.2) is 23.6 Å². The Morgan fingerprint density at radius 1 is 1.86 bits per heavy atom. The third kappa shape index (κ3) is 0.623. The molecule has 1 aliphatic rings. The minimum atomic E-state index is 0.250. The van der Waals surface area contributed by atoms with E-state index < -0.39 is 0 Å². The van der Waals surface area contributed by atoms with E-state index in [1.165, 1.54) is 12.6 Å². The maximum Gasteiger partial charge on any atom is 0.374 e. The highest BCUT2D eigenvalue weighted by Gasteiger charge is 2.06. The average Bonchev–Trinajstić information content (AvgIpc) is 2.14. The summed E-state index contributed by atoms with van der Waals surface area (Å²) in [6.07, 6.45) is 2.68. The molecular weight excluding hydrogens is 94.1 g/mol. The molecule has 1 rings (SSSR count). The molecule has 0 aliphatic carbocycles. The normalized spacial score (nSPS) is 22.0. The van der Waals surface area contributed by atoms with Crippen molar-refractivity contribution in [1.82, 2.24) is 4.99 Å². The molecule has 0 aromatic carbocycles. The highest BCUT2D eigenvalue weighted by molar-refractivity contribution is 6.33. The summed E-state index contributed by atoms with van der Waals surface area (Å²) in [5.41, 5.74) is 0. The molecule has 0 aromatic rings. The van der Waals surface area contributed by atoms with Crippen LogP contribution in [0.4, 0.5) is 0 Å². The zero-order valence-corrected chi connectivity index (χ0v) is 3.44. The van der Waals surface area contributed by atoms with Gasteiger partial charge in [0.05, 0.1) is 5.16 Å². The summed E-state index contributed by atoms with van der Waals surface area (Å²) in [4.78, 5) is 7.04. The Morgan fingerprint density at radius 3 is 3.00 bits per heavy atom. The molecule has 7 heavy (non-hydrogen) atoms. The standard InChI is InChI=1S/C3H3N3O/c7-6-3-1-4-2-5-3/h1-2,7H/q+1. The first-order valence-corrected chi connectivity index (χ1v) is 1.71. The Kier molecular flexibility index (Phi) is 0.856. The lowest BCUT2D eigenvalue weighted by molar-refractivity contribution is 0.319. The van der Waals surface area contributed by atoms with Crippen molar-refractivity contribution >= 4 is 18.4 Å². The molecule has 1 radical (unpaired) electrons. The van der Waals surface area contributed by atoms with Crippen LogP contribution in [0, 0.1) is 0 Å². The summed E-state index contributed by atoms with van der Waals surface area (Å²) >= 11 is 0. The van der Waals surface area contributed by atoms with Gasteiger partial charge in [-0.1, -0.05) is 4.99 Å². The molecule has 0 saturated carbocycles. The van der Waals surface area contributed by atoms with Crippen LogP contribution in [0.25, 0.3) is 0 Å². The largest absolute Gasteiger partial charge is 0.374 e. The van der Waals surface area contributed by atoms with Crippen LogP contribution in [0.5, 0.6) is 0 Å². The van der Waals surface area contributed by atoms with Gasteiger partial charge >= 0.3 is 5.84 Å². The molecule has 0 fully saturated rings. The second-order valence-corrected chi connectivity index (χ2v) is 0.981. The summed E-state index contributed by atoms with van der Waals surface area (Å²) in [5, 5.41) is 10.7. The summed E-state index contributed by atoms with van der Waals surface area (Å²) in [6, 6.07) is 0. The quantitative estimate of drug-likeness (QED) is 0.313. The minimum absolute atomic E-state index is 0.250. The van der Waals surface area contributed by atoms with Crippen LogP contribution in [-0.2, 0) is 0 Å². The van der Waals surface area contributed by atoms with Crippen LogP contribution in [0.1, 0.15) is 0 Å². The number of amidine groups is 1. The van der Waals surface area contributed by atoms with Crippen molar-refractivity contribution in [2.75, 3.05) is 0 Å². The summed E-state index contributed by atoms with van der Waals surface area (Å²) in [5.74, 6) is 0.250. The van der Waals surface area contributed by atoms with E-state index in [1.54, 1.807) is 0 Å². The zero-order chi connectivity index (χ0) is 5.11. The van der Waals surface area contributed by atoms with E-state index in [9.17, 15) is 0 Å². The van der Waals surface area contributed by atoms with Gasteiger partial charge < -0.3 is 5.21 Å². The highest BCUT2D eigenvalue weighted by Crippen LogP contribution is 1.69. The Balaban J connectivity index is 2.79. The molecule has 4 heteroatoms. The Bertz CT molecular complexity index is 132. The van der Waals surface area contributed by atoms with Gasteiger partial charge in [0, 0.05) is 0 Å². The number of hydrogen-bond donors (Lipinski definition) is 1. The van der Waals surface area contributed by atoms with Crippen LogP contribution in [0.15, 0.2) is 10.1 Å². The van der Waals surface area contributed by atoms with Crippen molar-refractivity contribution in [3.63, 3.8) is 0 Å². The number of nitrogens with zero attached hydrogens (tertiary/aromatic N) is 3. The lowest BCUT2D eigenvalue weighted by atomic mass is 10.7. The maximum absolute atomic E-state index is 7.95. The predicted octanol–water partition coefficient (Wildman–Crippen LogP) is -0.777. The first-order chi connectivity index (χ1) is 3.43. The number of hydrogen-bond acceptors (Lipinski definition) is 3. The Labute approximate surface area is 39.9 Å². The second kappa shape index (κ2) is 1.51. The molecule has 0 unspecified atom stereocenters. The van der Waals surface area contributed by atoms with Crippen molar-refractivity contribution in [2.24, 2.45) is 10.1 Å². The smallest absolute Gasteiger partial charge is 0.343 e. The van der Waals surface area contributed by atoms with Gasteiger partial charge in [-0.3, -0.25) is 0 Å². The maximum atomic E-state index is 7.95. The van der Waals surface area contributed by atoms with E-state index >= 15 is 0 Å². The van der Waals surface area contributed by atoms with E-state index in [4.69, 9.17) is 5.21 Å². The fraction of sp³-hybridized carbons (Fsp3) is 0. The third-order valence-electron chi connectivity index (χ3n) is 0.549. The summed E-state index contributed by atoms with van der Waals surface area (Å²) < 4.78 is 0. The molecule has 1 aliphatic heterocycles. The van der Waals surface area contributed by atoms with Gasteiger partial charge in [0.25, 0.3) is 6.34 Å². The monoisotopic (exact) mass is 97.0 g/mol. The fourth-order valence-corrected chi connectivity index (χ4v) is 0.277. The van der Waals surface area contributed by atoms with Gasteiger partial charge in [0.1, 0.15) is 0 Å². The molecular formula is C3H3N3O+. The Hall–Kier alpha value is -1.19. The molecule has 0 amide bonds. The van der Waals surface area contributed by atoms with Crippen LogP contribution in [0.3, 0.4) is 0 Å². The molecule has 4 nitrogen and oxygen atoms in total. The lowest BCUT2D eigenvalue weighted by Crippen LogP contribution is -2.00. The molecule has 0 spiro atoms. The lowest BCUT2D eigenvalue weighted by Gasteiger charge is -1.58. The van der Waals surface area contributed by atoms with Crippen LogP contribution in [0.2, 0.25) is 0 Å². The summed E-state index contributed by atoms with van der Waals surface area (Å²) in [6.45, 7) is 0. The number of rotatable bonds is 0. The van der Waals surface area contributed by atoms with E-state index in [2.05, 4.69) is 15.1 Å². The van der Waals surface area contributed by atoms with Crippen molar-refractivity contribution in [2.45, 2.75) is 0 Å². The molecule has 35 valence electrons. The summed E-state index contributed by atoms with van der Waals surface area (Å²) in [7, 11) is 0. The van der Waals surface area contributed by atoms with E-state index in [1.807, 2.05) is 0 Å². The van der Waals surface area contributed by atoms with E-state index in [0.717, 1.165) is 0 Å². The van der Waals surface area contributed by atoms with Crippen molar-refractivity contribution in [1.29, 1.82) is 0 Å². The molecule has 0 saturated heterocycles. The minimum Gasteiger partial charge on any atom is -0.343 e. The van der Waals surface area contributed by atoms with Gasteiger partial charge in [0.15, 0.2) is 6.21 Å². The van der Waals surface area contributed by atoms with Gasteiger partial charge in [-0.25, -0.2) is 0 Å². The topological polar surface area (TPSA) is 59.1 Å². The molecule has 1 heterocycles. The van der Waals surface area contributed by atoms with Crippen LogP contribution >= 0.6 is 0 Å². The predicted molar refractivity (Wildman–Crippen MR) is 25.9 cm³/mol. The first-order valence-electron chi connectivity index (χ1n) is 1.71. The van der Waals surface area contributed by atoms with Gasteiger partial charge in [0.2, 0.25) is 0 Å². The molecule has 0 bridgehead atoms. The average molecular weight is 97.1 g/mol. The van der Waals surface area contributed by atoms with Gasteiger partial charge in [-0.15, -0.1) is 4.99 Å². The molecule has 0 aromatic heterocycles. The molecule has 0 atom stereocenters. The van der Waals surface area contributed by atoms with Gasteiger partial charge in [-0.2, -0.15) is 0 Å². The SMILES string of the molecule is ON=C1C=NC=[N+]1. The van der Waals surface area contributed by atoms with E-state index in [-0.39, 0.29) is 5.84 Å². The Morgan fingerprint density at radius 2 is 2.71 bits per heavy atom. The number of aliphatic imine (C=N–C) groups is 2. The van der Waals surface area contributed by atoms with Gasteiger partial charge in [-0.05, 0) is 0 Å². The zero-order valence-electron chi connectivity index (χ0n) is 3.44. The number of oxime groups is 1. The second-order valence-electron chi connectivity index (χ2n) is 0.981. The third-order valence-corrected chi connectivity index (χ3v) is 0.549. The van der Waals surface area contributed by atoms with E-state index in [0.29, 0.717) is 0 Å². The first kappa shape index (κ1) is 3.98.